The lowest BCUT2D eigenvalue weighted by Crippen LogP contribution is -2.30. The molecule has 0 heterocycles. The second-order valence-corrected chi connectivity index (χ2v) is 29.8. The van der Waals surface area contributed by atoms with E-state index in [0.29, 0.717) is 25.7 Å². The Bertz CT molecular complexity index is 1770. The van der Waals surface area contributed by atoms with Crippen molar-refractivity contribution in [2.24, 2.45) is 11.8 Å². The number of ether oxygens (including phenoxy) is 4. The van der Waals surface area contributed by atoms with Crippen LogP contribution in [0, 0.1) is 11.8 Å². The molecule has 17 nitrogen and oxygen atoms in total. The minimum absolute atomic E-state index is 0.107. The molecule has 0 saturated heterocycles. The number of hydrogen-bond donors (Lipinski definition) is 3. The van der Waals surface area contributed by atoms with Crippen LogP contribution in [0.1, 0.15) is 369 Å². The van der Waals surface area contributed by atoms with E-state index in [2.05, 4.69) is 41.5 Å². The van der Waals surface area contributed by atoms with Gasteiger partial charge >= 0.3 is 39.5 Å². The van der Waals surface area contributed by atoms with Gasteiger partial charge in [-0.1, -0.05) is 318 Å². The molecular formula is C72H140O17P2. The van der Waals surface area contributed by atoms with Gasteiger partial charge in [0, 0.05) is 25.7 Å². The molecule has 0 aliphatic rings. The molecule has 0 radical (unpaired) electrons. The second kappa shape index (κ2) is 64.1. The molecule has 540 valence electrons. The smallest absolute Gasteiger partial charge is 0.462 e. The summed E-state index contributed by atoms with van der Waals surface area (Å²) in [6.45, 7) is 9.57. The highest BCUT2D eigenvalue weighted by molar-refractivity contribution is 7.47. The normalized spacial score (nSPS) is 14.1. The molecule has 0 bridgehead atoms. The van der Waals surface area contributed by atoms with Gasteiger partial charge in [0.25, 0.3) is 0 Å². The van der Waals surface area contributed by atoms with Crippen LogP contribution in [0.2, 0.25) is 0 Å². The summed E-state index contributed by atoms with van der Waals surface area (Å²) in [5.74, 6) is -0.556. The fourth-order valence-electron chi connectivity index (χ4n) is 10.9. The SMILES string of the molecule is CCCCCCCCCCCCCCC(=O)O[C@H](COC(=O)CCCCCCCCCC)COP(=O)(O)OC[C@H](O)COP(=O)(O)OC[C@@H](COC(=O)CCCCCCCCCCCCCC(C)C)OC(=O)CCCCCCCCCCCCCCCCC(C)C. The van der Waals surface area contributed by atoms with E-state index < -0.39 is 97.5 Å². The molecule has 0 saturated carbocycles. The Kier molecular flexibility index (Phi) is 62.7. The van der Waals surface area contributed by atoms with E-state index in [4.69, 9.17) is 37.0 Å². The Balaban J connectivity index is 5.22. The molecule has 0 aliphatic heterocycles. The molecule has 0 amide bonds. The van der Waals surface area contributed by atoms with E-state index in [0.717, 1.165) is 108 Å². The maximum absolute atomic E-state index is 13.0. The van der Waals surface area contributed by atoms with Crippen LogP contribution in [0.5, 0.6) is 0 Å². The molecular weight excluding hydrogens is 1200 g/mol. The molecule has 0 aliphatic carbocycles. The molecule has 0 aromatic heterocycles. The van der Waals surface area contributed by atoms with Crippen LogP contribution in [-0.2, 0) is 65.4 Å². The summed E-state index contributed by atoms with van der Waals surface area (Å²) < 4.78 is 68.3. The number of carbonyl (C=O) groups is 4. The first-order valence-corrected chi connectivity index (χ1v) is 40.5. The number of rotatable bonds is 71. The average molecular weight is 1340 g/mol. The lowest BCUT2D eigenvalue weighted by atomic mass is 10.0. The van der Waals surface area contributed by atoms with E-state index in [-0.39, 0.29) is 25.7 Å². The van der Waals surface area contributed by atoms with Gasteiger partial charge in [-0.05, 0) is 37.5 Å². The molecule has 0 fully saturated rings. The van der Waals surface area contributed by atoms with E-state index in [9.17, 15) is 43.2 Å². The molecule has 2 unspecified atom stereocenters. The van der Waals surface area contributed by atoms with Gasteiger partial charge < -0.3 is 33.8 Å². The first-order chi connectivity index (χ1) is 43.9. The summed E-state index contributed by atoms with van der Waals surface area (Å²) in [5.41, 5.74) is 0. The van der Waals surface area contributed by atoms with Gasteiger partial charge in [0.1, 0.15) is 19.3 Å². The van der Waals surface area contributed by atoms with Crippen molar-refractivity contribution in [2.75, 3.05) is 39.6 Å². The molecule has 91 heavy (non-hydrogen) atoms. The fourth-order valence-corrected chi connectivity index (χ4v) is 12.5. The summed E-state index contributed by atoms with van der Waals surface area (Å²) in [4.78, 5) is 72.6. The number of phosphoric ester groups is 2. The van der Waals surface area contributed by atoms with E-state index in [1.165, 1.54) is 180 Å². The standard InChI is InChI=1S/C72H140O17P2/c1-7-9-11-13-15-17-18-26-32-38-44-50-56-71(76)88-67(60-82-69(74)54-48-42-36-16-14-12-10-8-2)62-86-90(78,79)84-58-66(73)59-85-91(80,81)87-63-68(61-83-70(75)55-49-43-37-31-28-23-25-30-35-41-47-53-65(5)6)89-72(77)57-51-45-39-33-27-22-20-19-21-24-29-34-40-46-52-64(3)4/h64-68,73H,7-63H2,1-6H3,(H,78,79)(H,80,81)/t66-,67+,68+/m0/s1. The molecule has 0 spiro atoms. The van der Waals surface area contributed by atoms with Gasteiger partial charge in [-0.3, -0.25) is 37.3 Å². The van der Waals surface area contributed by atoms with Crippen LogP contribution in [0.15, 0.2) is 0 Å². The summed E-state index contributed by atoms with van der Waals surface area (Å²) in [6, 6.07) is 0. The van der Waals surface area contributed by atoms with Crippen LogP contribution in [0.4, 0.5) is 0 Å². The average Bonchev–Trinajstić information content (AvgIpc) is 3.50. The quantitative estimate of drug-likeness (QED) is 0.0222. The van der Waals surface area contributed by atoms with Crippen molar-refractivity contribution >= 4 is 39.5 Å². The summed E-state index contributed by atoms with van der Waals surface area (Å²) in [7, 11) is -9.90. The fraction of sp³-hybridized carbons (Fsp3) is 0.944. The van der Waals surface area contributed by atoms with Crippen molar-refractivity contribution in [2.45, 2.75) is 387 Å². The Labute approximate surface area is 556 Å². The van der Waals surface area contributed by atoms with E-state index in [1.807, 2.05) is 0 Å². The predicted octanol–water partition coefficient (Wildman–Crippen LogP) is 20.8. The molecule has 19 heteroatoms. The van der Waals surface area contributed by atoms with Crippen LogP contribution in [-0.4, -0.2) is 96.7 Å². The van der Waals surface area contributed by atoms with Gasteiger partial charge in [-0.15, -0.1) is 0 Å². The van der Waals surface area contributed by atoms with Gasteiger partial charge in [0.05, 0.1) is 26.4 Å². The van der Waals surface area contributed by atoms with Crippen molar-refractivity contribution in [3.63, 3.8) is 0 Å². The largest absolute Gasteiger partial charge is 0.472 e. The number of carbonyl (C=O) groups excluding carboxylic acids is 4. The zero-order chi connectivity index (χ0) is 67.2. The third-order valence-corrected chi connectivity index (χ3v) is 18.6. The third kappa shape index (κ3) is 66.5. The Hall–Kier alpha value is -1.94. The summed E-state index contributed by atoms with van der Waals surface area (Å²) in [6.07, 6.45) is 49.9. The lowest BCUT2D eigenvalue weighted by Gasteiger charge is -2.21. The monoisotopic (exact) mass is 1340 g/mol. The highest BCUT2D eigenvalue weighted by atomic mass is 31.2. The molecule has 5 atom stereocenters. The molecule has 0 aromatic rings. The van der Waals surface area contributed by atoms with E-state index in [1.54, 1.807) is 0 Å². The Morgan fingerprint density at radius 2 is 0.505 bits per heavy atom. The minimum atomic E-state index is -4.95. The second-order valence-electron chi connectivity index (χ2n) is 26.9. The van der Waals surface area contributed by atoms with Crippen molar-refractivity contribution in [3.8, 4) is 0 Å². The van der Waals surface area contributed by atoms with E-state index >= 15 is 0 Å². The molecule has 3 N–H and O–H groups in total. The number of hydrogen-bond acceptors (Lipinski definition) is 15. The van der Waals surface area contributed by atoms with Gasteiger partial charge in [0.2, 0.25) is 0 Å². The zero-order valence-electron chi connectivity index (χ0n) is 59.1. The number of aliphatic hydroxyl groups is 1. The van der Waals surface area contributed by atoms with Gasteiger partial charge in [0.15, 0.2) is 12.2 Å². The topological polar surface area (TPSA) is 237 Å². The zero-order valence-corrected chi connectivity index (χ0v) is 60.9. The highest BCUT2D eigenvalue weighted by Gasteiger charge is 2.30. The predicted molar refractivity (Wildman–Crippen MR) is 368 cm³/mol. The molecule has 0 aromatic carbocycles. The Morgan fingerprint density at radius 1 is 0.297 bits per heavy atom. The van der Waals surface area contributed by atoms with Crippen LogP contribution >= 0.6 is 15.6 Å². The van der Waals surface area contributed by atoms with Crippen LogP contribution < -0.4 is 0 Å². The van der Waals surface area contributed by atoms with Crippen molar-refractivity contribution in [1.29, 1.82) is 0 Å². The minimum Gasteiger partial charge on any atom is -0.462 e. The molecule has 0 rings (SSSR count). The maximum atomic E-state index is 13.0. The number of esters is 4. The van der Waals surface area contributed by atoms with Crippen molar-refractivity contribution in [3.05, 3.63) is 0 Å². The van der Waals surface area contributed by atoms with Gasteiger partial charge in [-0.2, -0.15) is 0 Å². The Morgan fingerprint density at radius 3 is 0.747 bits per heavy atom. The summed E-state index contributed by atoms with van der Waals surface area (Å²) in [5, 5.41) is 10.6. The first-order valence-electron chi connectivity index (χ1n) is 37.5. The maximum Gasteiger partial charge on any atom is 0.472 e. The highest BCUT2D eigenvalue weighted by Crippen LogP contribution is 2.45. The summed E-state index contributed by atoms with van der Waals surface area (Å²) >= 11 is 0. The van der Waals surface area contributed by atoms with Crippen molar-refractivity contribution in [1.82, 2.24) is 0 Å². The number of unbranched alkanes of at least 4 members (excludes halogenated alkanes) is 41. The third-order valence-electron chi connectivity index (χ3n) is 16.7. The number of phosphoric acid groups is 2. The van der Waals surface area contributed by atoms with Crippen molar-refractivity contribution < 1.29 is 80.2 Å². The van der Waals surface area contributed by atoms with Gasteiger partial charge in [-0.25, -0.2) is 9.13 Å². The lowest BCUT2D eigenvalue weighted by molar-refractivity contribution is -0.161. The number of aliphatic hydroxyl groups excluding tert-OH is 1. The van der Waals surface area contributed by atoms with Crippen LogP contribution in [0.25, 0.3) is 0 Å². The first kappa shape index (κ1) is 89.1. The van der Waals surface area contributed by atoms with Crippen LogP contribution in [0.3, 0.4) is 0 Å².